The molecule has 26 heteroatoms. The summed E-state index contributed by atoms with van der Waals surface area (Å²) in [7, 11) is 10.1. The van der Waals surface area contributed by atoms with E-state index in [9.17, 15) is 29.1 Å². The molecule has 1 fully saturated rings. The Balaban J connectivity index is 4.53. The normalized spacial score (nSPS) is 26.6. The molecule has 0 aromatic rings. The summed E-state index contributed by atoms with van der Waals surface area (Å²) >= 11 is 2.61. The summed E-state index contributed by atoms with van der Waals surface area (Å²) in [5.41, 5.74) is 0. The molecule has 1 rings (SSSR count). The summed E-state index contributed by atoms with van der Waals surface area (Å²) in [4.78, 5) is 175. The van der Waals surface area contributed by atoms with Gasteiger partial charge >= 0.3 is 0 Å². The van der Waals surface area contributed by atoms with Crippen LogP contribution in [0.2, 0.25) is 0 Å². The van der Waals surface area contributed by atoms with Crippen LogP contribution in [-0.4, -0.2) is 268 Å². The van der Waals surface area contributed by atoms with Crippen molar-refractivity contribution < 1.29 is 57.8 Å². The predicted molar refractivity (Wildman–Crippen MR) is 367 cm³/mol. The number of hydrogen-bond acceptors (Lipinski definition) is 15. The van der Waals surface area contributed by atoms with Gasteiger partial charge in [-0.2, -0.15) is 11.8 Å². The molecule has 13 atom stereocenters. The minimum Gasteiger partial charge on any atom is -0.390 e. The van der Waals surface area contributed by atoms with Crippen LogP contribution in [0.1, 0.15) is 157 Å². The van der Waals surface area contributed by atoms with E-state index in [1.807, 2.05) is 75.5 Å². The SMILES string of the molecule is CC[C@@H]1NC(=O)C([C@H](O)[C@H](C)CSC)N(C)C(=O)[C@H](C(C)C)N(C)C(=O)[C@H](CC(C)C)N(C)C(=O)[C@H](CC(C)C)N(C)C(=O)[C@@H](C)NC(=O)[C@H](C)NC(=O)[C@H](CC(C)C)N(C)C(=O)[C@H](C(C)C)NC(=O)[C@H](CC(C)C)N(C)C(=O)[C@@H](SCCN(CC)CC)N(C)C1=O. The fourth-order valence-electron chi connectivity index (χ4n) is 11.6. The van der Waals surface area contributed by atoms with Crippen LogP contribution < -0.4 is 21.3 Å². The molecule has 92 heavy (non-hydrogen) atoms. The van der Waals surface area contributed by atoms with Gasteiger partial charge in [-0.25, -0.2) is 0 Å². The zero-order chi connectivity index (χ0) is 71.3. The standard InChI is InChI=1S/C66H122N12O12S2/c1-27-46-60(85)77(25)66(92-31-30-78(28-2)29-3)65(90)72(20)48(33-38(6)7)57(82)70-51(41(12)13)63(88)71(19)47(32-37(4)5)56(81)67-44(17)55(80)68-45(18)59(84)73(21)49(34-39(8)9)61(86)74(22)50(35-40(10)11)62(87)75(23)52(42(14)15)64(89)76(24)53(58(83)69-46)54(79)43(16)36-91-26/h37-54,66,79H,27-36H2,1-26H3,(H,67,81)(H,68,80)(H,69,83)(H,70,82)/t43-,44+,45-,46+,47+,48+,49+,50+,51+,52+,53?,54-,66-/m1/s1. The highest BCUT2D eigenvalue weighted by Gasteiger charge is 2.46. The van der Waals surface area contributed by atoms with Crippen LogP contribution in [0, 0.1) is 41.4 Å². The molecule has 0 radical (unpaired) electrons. The molecule has 0 bridgehead atoms. The summed E-state index contributed by atoms with van der Waals surface area (Å²) in [5, 5.41) is 22.2. The Labute approximate surface area is 561 Å². The average molecular weight is 1340 g/mol. The molecular formula is C66H122N12O12S2. The number of hydrogen-bond donors (Lipinski definition) is 5. The molecular weight excluding hydrogens is 1220 g/mol. The lowest BCUT2D eigenvalue weighted by Crippen LogP contribution is -2.64. The number of aliphatic hydroxyl groups is 1. The van der Waals surface area contributed by atoms with Gasteiger partial charge in [-0.05, 0) is 112 Å². The van der Waals surface area contributed by atoms with Crippen molar-refractivity contribution in [2.45, 2.75) is 229 Å². The molecule has 1 heterocycles. The van der Waals surface area contributed by atoms with Gasteiger partial charge in [0.25, 0.3) is 5.91 Å². The third-order valence-electron chi connectivity index (χ3n) is 17.5. The Bertz CT molecular complexity index is 2450. The highest BCUT2D eigenvalue weighted by Crippen LogP contribution is 2.27. The third-order valence-corrected chi connectivity index (χ3v) is 19.6. The Morgan fingerprint density at radius 3 is 1.29 bits per heavy atom. The number of thioether (sulfide) groups is 2. The lowest BCUT2D eigenvalue weighted by molar-refractivity contribution is -0.157. The molecule has 1 aliphatic rings. The maximum atomic E-state index is 15.3. The van der Waals surface area contributed by atoms with Crippen molar-refractivity contribution in [2.75, 3.05) is 86.7 Å². The van der Waals surface area contributed by atoms with Gasteiger partial charge in [0, 0.05) is 61.6 Å². The van der Waals surface area contributed by atoms with E-state index in [1.165, 1.54) is 116 Å². The van der Waals surface area contributed by atoms with Crippen LogP contribution in [0.4, 0.5) is 0 Å². The first-order chi connectivity index (χ1) is 42.6. The van der Waals surface area contributed by atoms with E-state index in [2.05, 4.69) is 26.2 Å². The van der Waals surface area contributed by atoms with Crippen molar-refractivity contribution in [2.24, 2.45) is 41.4 Å². The predicted octanol–water partition coefficient (Wildman–Crippen LogP) is 4.07. The van der Waals surface area contributed by atoms with Gasteiger partial charge in [0.15, 0.2) is 5.37 Å². The van der Waals surface area contributed by atoms with E-state index in [-0.39, 0.29) is 55.8 Å². The lowest BCUT2D eigenvalue weighted by atomic mass is 9.93. The van der Waals surface area contributed by atoms with Crippen molar-refractivity contribution >= 4 is 88.5 Å². The van der Waals surface area contributed by atoms with Gasteiger partial charge in [0.1, 0.15) is 60.4 Å². The minimum atomic E-state index is -1.61. The van der Waals surface area contributed by atoms with Crippen LogP contribution in [0.5, 0.6) is 0 Å². The number of aliphatic hydroxyl groups excluding tert-OH is 1. The van der Waals surface area contributed by atoms with E-state index in [0.717, 1.165) is 18.0 Å². The molecule has 0 aliphatic carbocycles. The topological polar surface area (TPSA) is 282 Å². The number of likely N-dealkylation sites (N-methyl/N-ethyl adjacent to an activating group) is 7. The molecule has 1 saturated heterocycles. The smallest absolute Gasteiger partial charge is 0.256 e. The van der Waals surface area contributed by atoms with E-state index in [1.54, 1.807) is 41.5 Å². The van der Waals surface area contributed by atoms with Crippen LogP contribution in [-0.2, 0) is 52.7 Å². The maximum absolute atomic E-state index is 15.3. The largest absolute Gasteiger partial charge is 0.390 e. The first-order valence-electron chi connectivity index (χ1n) is 33.2. The molecule has 0 aromatic heterocycles. The van der Waals surface area contributed by atoms with Crippen LogP contribution in [0.15, 0.2) is 0 Å². The first-order valence-corrected chi connectivity index (χ1v) is 35.6. The fraction of sp³-hybridized carbons (Fsp3) is 0.833. The zero-order valence-electron chi connectivity index (χ0n) is 60.9. The number of nitrogens with zero attached hydrogens (tertiary/aromatic N) is 8. The van der Waals surface area contributed by atoms with Crippen LogP contribution in [0.25, 0.3) is 0 Å². The molecule has 11 amide bonds. The quantitative estimate of drug-likeness (QED) is 0.108. The summed E-state index contributed by atoms with van der Waals surface area (Å²) in [5.74, 6) is -8.92. The Morgan fingerprint density at radius 1 is 0.446 bits per heavy atom. The second-order valence-corrected chi connectivity index (χ2v) is 29.8. The van der Waals surface area contributed by atoms with Crippen molar-refractivity contribution in [3.8, 4) is 0 Å². The molecule has 24 nitrogen and oxygen atoms in total. The van der Waals surface area contributed by atoms with E-state index < -0.39 is 155 Å². The Kier molecular flexibility index (Phi) is 36.5. The van der Waals surface area contributed by atoms with E-state index in [0.29, 0.717) is 18.1 Å². The number of rotatable bonds is 21. The number of carbonyl (C=O) groups excluding carboxylic acids is 11. The third kappa shape index (κ3) is 23.9. The van der Waals surface area contributed by atoms with Crippen molar-refractivity contribution in [1.29, 1.82) is 0 Å². The number of carbonyl (C=O) groups is 11. The van der Waals surface area contributed by atoms with Gasteiger partial charge in [0.05, 0.1) is 6.10 Å². The highest BCUT2D eigenvalue weighted by atomic mass is 32.2. The van der Waals surface area contributed by atoms with Gasteiger partial charge in [-0.15, -0.1) is 11.8 Å². The van der Waals surface area contributed by atoms with Crippen LogP contribution in [0.3, 0.4) is 0 Å². The summed E-state index contributed by atoms with van der Waals surface area (Å²) in [6.07, 6.45) is 0.954. The van der Waals surface area contributed by atoms with E-state index >= 15 is 28.8 Å². The van der Waals surface area contributed by atoms with Crippen molar-refractivity contribution in [3.63, 3.8) is 0 Å². The lowest BCUT2D eigenvalue weighted by Gasteiger charge is -2.41. The molecule has 1 unspecified atom stereocenters. The van der Waals surface area contributed by atoms with Gasteiger partial charge in [-0.1, -0.05) is 111 Å². The Morgan fingerprint density at radius 2 is 0.859 bits per heavy atom. The van der Waals surface area contributed by atoms with Crippen molar-refractivity contribution in [3.05, 3.63) is 0 Å². The number of amides is 11. The highest BCUT2D eigenvalue weighted by molar-refractivity contribution is 8.00. The molecule has 1 aliphatic heterocycles. The summed E-state index contributed by atoms with van der Waals surface area (Å²) in [6, 6.07) is -12.5. The van der Waals surface area contributed by atoms with E-state index in [4.69, 9.17) is 0 Å². The molecule has 530 valence electrons. The average Bonchev–Trinajstić information content (AvgIpc) is 0.834. The number of nitrogens with one attached hydrogen (secondary N) is 4. The van der Waals surface area contributed by atoms with Crippen LogP contribution >= 0.6 is 23.5 Å². The summed E-state index contributed by atoms with van der Waals surface area (Å²) in [6.45, 7) is 34.3. The Hall–Kier alpha value is -5.21. The minimum absolute atomic E-state index is 0.0120. The molecule has 5 N–H and O–H groups in total. The second kappa shape index (κ2) is 39.6. The maximum Gasteiger partial charge on any atom is 0.256 e. The first kappa shape index (κ1) is 84.8. The molecule has 0 saturated carbocycles. The second-order valence-electron chi connectivity index (χ2n) is 27.7. The van der Waals surface area contributed by atoms with Crippen molar-refractivity contribution in [1.82, 2.24) is 60.5 Å². The van der Waals surface area contributed by atoms with Gasteiger partial charge < -0.3 is 65.6 Å². The summed E-state index contributed by atoms with van der Waals surface area (Å²) < 4.78 is 0. The fourth-order valence-corrected chi connectivity index (χ4v) is 13.5. The van der Waals surface area contributed by atoms with Gasteiger partial charge in [0.2, 0.25) is 59.1 Å². The molecule has 0 spiro atoms. The van der Waals surface area contributed by atoms with Gasteiger partial charge in [-0.3, -0.25) is 52.7 Å². The monoisotopic (exact) mass is 1340 g/mol. The zero-order valence-corrected chi connectivity index (χ0v) is 62.5. The molecule has 0 aromatic carbocycles.